The lowest BCUT2D eigenvalue weighted by Gasteiger charge is -2.13. The van der Waals surface area contributed by atoms with Gasteiger partial charge in [0.25, 0.3) is 0 Å². The Morgan fingerprint density at radius 2 is 1.88 bits per heavy atom. The number of rotatable bonds is 8. The summed E-state index contributed by atoms with van der Waals surface area (Å²) < 4.78 is 7.27. The third-order valence-electron chi connectivity index (χ3n) is 3.60. The number of nitrogens with two attached hydrogens (primary N) is 1. The predicted octanol–water partition coefficient (Wildman–Crippen LogP) is 2.47. The molecule has 0 spiro atoms. The van der Waals surface area contributed by atoms with E-state index in [1.54, 1.807) is 7.11 Å². The number of para-hydroxylation sites is 3. The van der Waals surface area contributed by atoms with Crippen LogP contribution in [-0.2, 0) is 11.3 Å². The number of benzene rings is 2. The maximum absolute atomic E-state index is 11.1. The number of hydrogen-bond donors (Lipinski definition) is 2. The van der Waals surface area contributed by atoms with Crippen molar-refractivity contribution < 1.29 is 9.53 Å². The number of carbonyl (C=O) groups is 1. The number of amides is 1. The SMILES string of the molecule is COc1ccccc1NCc1nnc(SCC(N)=O)n1-c1ccccc1. The third-order valence-corrected chi connectivity index (χ3v) is 4.55. The molecule has 0 fully saturated rings. The summed E-state index contributed by atoms with van der Waals surface area (Å²) in [6.45, 7) is 0.444. The minimum absolute atomic E-state index is 0.144. The molecule has 0 saturated carbocycles. The largest absolute Gasteiger partial charge is 0.495 e. The van der Waals surface area contributed by atoms with Crippen LogP contribution in [0.4, 0.5) is 5.69 Å². The average molecular weight is 369 g/mol. The lowest BCUT2D eigenvalue weighted by molar-refractivity contribution is -0.115. The molecule has 1 heterocycles. The van der Waals surface area contributed by atoms with Gasteiger partial charge in [0.15, 0.2) is 11.0 Å². The van der Waals surface area contributed by atoms with Crippen LogP contribution < -0.4 is 15.8 Å². The maximum Gasteiger partial charge on any atom is 0.227 e. The van der Waals surface area contributed by atoms with Crippen LogP contribution >= 0.6 is 11.8 Å². The number of hydrogen-bond acceptors (Lipinski definition) is 6. The molecule has 1 amide bonds. The van der Waals surface area contributed by atoms with Crippen LogP contribution in [0.25, 0.3) is 5.69 Å². The molecule has 2 aromatic carbocycles. The molecular weight excluding hydrogens is 350 g/mol. The first-order valence-electron chi connectivity index (χ1n) is 7.96. The summed E-state index contributed by atoms with van der Waals surface area (Å²) in [7, 11) is 1.63. The summed E-state index contributed by atoms with van der Waals surface area (Å²) in [5.74, 6) is 1.22. The van der Waals surface area contributed by atoms with E-state index in [1.807, 2.05) is 59.2 Å². The third kappa shape index (κ3) is 4.15. The van der Waals surface area contributed by atoms with Crippen molar-refractivity contribution in [2.24, 2.45) is 5.73 Å². The fourth-order valence-electron chi connectivity index (χ4n) is 2.45. The molecule has 3 N–H and O–H groups in total. The van der Waals surface area contributed by atoms with Gasteiger partial charge in [-0.2, -0.15) is 0 Å². The van der Waals surface area contributed by atoms with Gasteiger partial charge < -0.3 is 15.8 Å². The molecule has 3 rings (SSSR count). The normalized spacial score (nSPS) is 10.5. The number of nitrogens with one attached hydrogen (secondary N) is 1. The molecule has 0 aliphatic rings. The Labute approximate surface area is 155 Å². The van der Waals surface area contributed by atoms with Gasteiger partial charge in [-0.3, -0.25) is 9.36 Å². The fourth-order valence-corrected chi connectivity index (χ4v) is 3.16. The first-order chi connectivity index (χ1) is 12.7. The second-order valence-electron chi connectivity index (χ2n) is 5.38. The summed E-state index contributed by atoms with van der Waals surface area (Å²) in [5.41, 5.74) is 7.04. The molecule has 0 saturated heterocycles. The van der Waals surface area contributed by atoms with E-state index < -0.39 is 5.91 Å². The molecule has 0 unspecified atom stereocenters. The Balaban J connectivity index is 1.88. The van der Waals surface area contributed by atoms with E-state index in [0.717, 1.165) is 17.1 Å². The van der Waals surface area contributed by atoms with Gasteiger partial charge in [-0.15, -0.1) is 10.2 Å². The van der Waals surface area contributed by atoms with E-state index >= 15 is 0 Å². The Bertz CT molecular complexity index is 882. The van der Waals surface area contributed by atoms with Gasteiger partial charge in [0.2, 0.25) is 5.91 Å². The highest BCUT2D eigenvalue weighted by Crippen LogP contribution is 2.25. The Morgan fingerprint density at radius 1 is 1.15 bits per heavy atom. The molecule has 134 valence electrons. The Kier molecular flexibility index (Phi) is 5.75. The van der Waals surface area contributed by atoms with Gasteiger partial charge in [0.05, 0.1) is 25.1 Å². The van der Waals surface area contributed by atoms with Crippen LogP contribution in [0.1, 0.15) is 5.82 Å². The molecule has 26 heavy (non-hydrogen) atoms. The summed E-state index contributed by atoms with van der Waals surface area (Å²) in [6.07, 6.45) is 0. The second-order valence-corrected chi connectivity index (χ2v) is 6.32. The average Bonchev–Trinajstić information content (AvgIpc) is 3.08. The minimum Gasteiger partial charge on any atom is -0.495 e. The van der Waals surface area contributed by atoms with Gasteiger partial charge in [-0.05, 0) is 24.3 Å². The van der Waals surface area contributed by atoms with Crippen molar-refractivity contribution in [1.29, 1.82) is 0 Å². The zero-order valence-electron chi connectivity index (χ0n) is 14.3. The summed E-state index contributed by atoms with van der Waals surface area (Å²) in [4.78, 5) is 11.1. The molecule has 3 aromatic rings. The van der Waals surface area contributed by atoms with E-state index in [-0.39, 0.29) is 5.75 Å². The minimum atomic E-state index is -0.397. The van der Waals surface area contributed by atoms with Crippen LogP contribution in [0, 0.1) is 0 Å². The molecular formula is C18H19N5O2S. The fraction of sp³-hybridized carbons (Fsp3) is 0.167. The summed E-state index contributed by atoms with van der Waals surface area (Å²) in [5, 5.41) is 12.4. The second kappa shape index (κ2) is 8.39. The van der Waals surface area contributed by atoms with Crippen molar-refractivity contribution in [3.05, 3.63) is 60.4 Å². The van der Waals surface area contributed by atoms with Crippen molar-refractivity contribution in [2.75, 3.05) is 18.2 Å². The van der Waals surface area contributed by atoms with Gasteiger partial charge in [0, 0.05) is 5.69 Å². The van der Waals surface area contributed by atoms with Crippen molar-refractivity contribution in [3.63, 3.8) is 0 Å². The molecule has 1 aromatic heterocycles. The standard InChI is InChI=1S/C18H19N5O2S/c1-25-15-10-6-5-9-14(15)20-11-17-21-22-18(26-12-16(19)24)23(17)13-7-3-2-4-8-13/h2-10,20H,11-12H2,1H3,(H2,19,24). The van der Waals surface area contributed by atoms with Gasteiger partial charge >= 0.3 is 0 Å². The first kappa shape index (κ1) is 17.8. The number of nitrogens with zero attached hydrogens (tertiary/aromatic N) is 3. The smallest absolute Gasteiger partial charge is 0.227 e. The number of primary amides is 1. The predicted molar refractivity (Wildman–Crippen MR) is 102 cm³/mol. The molecule has 7 nitrogen and oxygen atoms in total. The number of thioether (sulfide) groups is 1. The number of methoxy groups -OCH3 is 1. The van der Waals surface area contributed by atoms with Crippen LogP contribution in [0.15, 0.2) is 59.8 Å². The first-order valence-corrected chi connectivity index (χ1v) is 8.95. The van der Waals surface area contributed by atoms with E-state index in [0.29, 0.717) is 17.5 Å². The monoisotopic (exact) mass is 369 g/mol. The van der Waals surface area contributed by atoms with E-state index in [9.17, 15) is 4.79 Å². The van der Waals surface area contributed by atoms with Crippen molar-refractivity contribution in [2.45, 2.75) is 11.7 Å². The molecule has 0 bridgehead atoms. The Hall–Kier alpha value is -3.00. The van der Waals surface area contributed by atoms with Gasteiger partial charge in [-0.25, -0.2) is 0 Å². The number of carbonyl (C=O) groups excluding carboxylic acids is 1. The maximum atomic E-state index is 11.1. The van der Waals surface area contributed by atoms with Crippen LogP contribution in [0.5, 0.6) is 5.75 Å². The zero-order chi connectivity index (χ0) is 18.4. The van der Waals surface area contributed by atoms with Crippen molar-refractivity contribution in [1.82, 2.24) is 14.8 Å². The summed E-state index contributed by atoms with van der Waals surface area (Å²) >= 11 is 1.26. The highest BCUT2D eigenvalue weighted by atomic mass is 32.2. The van der Waals surface area contributed by atoms with Crippen LogP contribution in [-0.4, -0.2) is 33.5 Å². The Morgan fingerprint density at radius 3 is 2.62 bits per heavy atom. The van der Waals surface area contributed by atoms with Gasteiger partial charge in [-0.1, -0.05) is 42.1 Å². The number of anilines is 1. The molecule has 0 aliphatic carbocycles. The summed E-state index contributed by atoms with van der Waals surface area (Å²) in [6, 6.07) is 17.4. The number of ether oxygens (including phenoxy) is 1. The van der Waals surface area contributed by atoms with E-state index in [2.05, 4.69) is 15.5 Å². The zero-order valence-corrected chi connectivity index (χ0v) is 15.1. The molecule has 0 aliphatic heterocycles. The van der Waals surface area contributed by atoms with Gasteiger partial charge in [0.1, 0.15) is 5.75 Å². The molecule has 8 heteroatoms. The van der Waals surface area contributed by atoms with Crippen LogP contribution in [0.3, 0.4) is 0 Å². The molecule has 0 atom stereocenters. The number of aromatic nitrogens is 3. The van der Waals surface area contributed by atoms with E-state index in [1.165, 1.54) is 11.8 Å². The lowest BCUT2D eigenvalue weighted by Crippen LogP contribution is -2.14. The highest BCUT2D eigenvalue weighted by molar-refractivity contribution is 7.99. The topological polar surface area (TPSA) is 95.1 Å². The van der Waals surface area contributed by atoms with Crippen LogP contribution in [0.2, 0.25) is 0 Å². The molecule has 0 radical (unpaired) electrons. The van der Waals surface area contributed by atoms with Crippen molar-refractivity contribution in [3.8, 4) is 11.4 Å². The van der Waals surface area contributed by atoms with Crippen molar-refractivity contribution >= 4 is 23.4 Å². The highest BCUT2D eigenvalue weighted by Gasteiger charge is 2.15. The van der Waals surface area contributed by atoms with E-state index in [4.69, 9.17) is 10.5 Å². The lowest BCUT2D eigenvalue weighted by atomic mass is 10.3. The quantitative estimate of drug-likeness (QED) is 0.592.